The van der Waals surface area contributed by atoms with Crippen LogP contribution in [-0.2, 0) is 11.2 Å². The van der Waals surface area contributed by atoms with Gasteiger partial charge in [-0.3, -0.25) is 4.79 Å². The summed E-state index contributed by atoms with van der Waals surface area (Å²) in [5, 5.41) is 8.88. The van der Waals surface area contributed by atoms with Crippen molar-refractivity contribution in [3.63, 3.8) is 0 Å². The Morgan fingerprint density at radius 3 is 2.84 bits per heavy atom. The van der Waals surface area contributed by atoms with Crippen LogP contribution in [-0.4, -0.2) is 44.1 Å². The van der Waals surface area contributed by atoms with Crippen molar-refractivity contribution >= 4 is 11.8 Å². The maximum absolute atomic E-state index is 10.8. The van der Waals surface area contributed by atoms with Gasteiger partial charge in [0.05, 0.1) is 6.42 Å². The predicted octanol–water partition coefficient (Wildman–Crippen LogP) is 2.28. The van der Waals surface area contributed by atoms with Crippen molar-refractivity contribution in [1.29, 1.82) is 0 Å². The van der Waals surface area contributed by atoms with Crippen LogP contribution in [0.15, 0.2) is 18.5 Å². The highest BCUT2D eigenvalue weighted by Gasteiger charge is 2.25. The fourth-order valence-corrected chi connectivity index (χ4v) is 3.21. The Morgan fingerprint density at radius 1 is 1.24 bits per heavy atom. The summed E-state index contributed by atoms with van der Waals surface area (Å²) >= 11 is 0. The number of piperidine rings is 1. The zero-order valence-electron chi connectivity index (χ0n) is 14.6. The molecule has 1 aliphatic rings. The normalized spacial score (nSPS) is 17.5. The molecule has 2 aromatic heterocycles. The van der Waals surface area contributed by atoms with Gasteiger partial charge in [0.1, 0.15) is 18.0 Å². The van der Waals surface area contributed by atoms with Crippen LogP contribution in [0, 0.1) is 13.8 Å². The van der Waals surface area contributed by atoms with Crippen LogP contribution in [0.3, 0.4) is 0 Å². The molecule has 7 heteroatoms. The summed E-state index contributed by atoms with van der Waals surface area (Å²) < 4.78 is 0. The SMILES string of the molecule is Cc1cc(N2CCC[C@@H](c3nc(C)cc(CCC(=O)O)n3)C2)ncn1. The van der Waals surface area contributed by atoms with Gasteiger partial charge in [-0.15, -0.1) is 0 Å². The molecule has 0 aromatic carbocycles. The molecule has 0 spiro atoms. The van der Waals surface area contributed by atoms with Gasteiger partial charge in [0.2, 0.25) is 0 Å². The summed E-state index contributed by atoms with van der Waals surface area (Å²) in [5.74, 6) is 1.18. The minimum Gasteiger partial charge on any atom is -0.481 e. The summed E-state index contributed by atoms with van der Waals surface area (Å²) in [4.78, 5) is 30.9. The minimum absolute atomic E-state index is 0.0902. The molecule has 1 atom stereocenters. The van der Waals surface area contributed by atoms with Crippen molar-refractivity contribution in [3.8, 4) is 0 Å². The lowest BCUT2D eigenvalue weighted by atomic mass is 9.96. The fraction of sp³-hybridized carbons (Fsp3) is 0.500. The number of rotatable bonds is 5. The first-order valence-corrected chi connectivity index (χ1v) is 8.61. The fourth-order valence-electron chi connectivity index (χ4n) is 3.21. The lowest BCUT2D eigenvalue weighted by Gasteiger charge is -2.33. The number of carbonyl (C=O) groups is 1. The first-order chi connectivity index (χ1) is 12.0. The molecule has 0 aliphatic carbocycles. The van der Waals surface area contributed by atoms with E-state index >= 15 is 0 Å². The first-order valence-electron chi connectivity index (χ1n) is 8.61. The summed E-state index contributed by atoms with van der Waals surface area (Å²) in [5.41, 5.74) is 2.65. The third-order valence-corrected chi connectivity index (χ3v) is 4.42. The number of hydrogen-bond acceptors (Lipinski definition) is 6. The van der Waals surface area contributed by atoms with Gasteiger partial charge in [-0.1, -0.05) is 0 Å². The molecule has 0 radical (unpaired) electrons. The monoisotopic (exact) mass is 341 g/mol. The quantitative estimate of drug-likeness (QED) is 0.892. The number of carboxylic acid groups (broad SMARTS) is 1. The molecular formula is C18H23N5O2. The van der Waals surface area contributed by atoms with Crippen LogP contribution in [0.4, 0.5) is 5.82 Å². The second-order valence-electron chi connectivity index (χ2n) is 6.56. The van der Waals surface area contributed by atoms with Crippen LogP contribution in [0.25, 0.3) is 0 Å². The van der Waals surface area contributed by atoms with Crippen LogP contribution >= 0.6 is 0 Å². The smallest absolute Gasteiger partial charge is 0.303 e. The Kier molecular flexibility index (Phi) is 5.21. The van der Waals surface area contributed by atoms with Gasteiger partial charge in [0, 0.05) is 48.6 Å². The average Bonchev–Trinajstić information content (AvgIpc) is 2.60. The van der Waals surface area contributed by atoms with Gasteiger partial charge in [-0.05, 0) is 32.8 Å². The molecule has 0 unspecified atom stereocenters. The molecule has 0 amide bonds. The Bertz CT molecular complexity index is 765. The molecule has 3 heterocycles. The lowest BCUT2D eigenvalue weighted by Crippen LogP contribution is -2.35. The molecule has 0 bridgehead atoms. The highest BCUT2D eigenvalue weighted by atomic mass is 16.4. The second-order valence-corrected chi connectivity index (χ2v) is 6.56. The van der Waals surface area contributed by atoms with Gasteiger partial charge in [-0.25, -0.2) is 19.9 Å². The zero-order valence-corrected chi connectivity index (χ0v) is 14.6. The van der Waals surface area contributed by atoms with E-state index in [1.165, 1.54) is 0 Å². The summed E-state index contributed by atoms with van der Waals surface area (Å²) in [7, 11) is 0. The summed E-state index contributed by atoms with van der Waals surface area (Å²) in [6, 6.07) is 3.87. The van der Waals surface area contributed by atoms with Crippen molar-refractivity contribution in [3.05, 3.63) is 41.4 Å². The molecule has 132 valence electrons. The Labute approximate surface area is 147 Å². The third kappa shape index (κ3) is 4.49. The largest absolute Gasteiger partial charge is 0.481 e. The summed E-state index contributed by atoms with van der Waals surface area (Å²) in [6.07, 6.45) is 4.21. The highest BCUT2D eigenvalue weighted by molar-refractivity contribution is 5.66. The van der Waals surface area contributed by atoms with Crippen molar-refractivity contribution in [2.24, 2.45) is 0 Å². The van der Waals surface area contributed by atoms with E-state index in [0.29, 0.717) is 6.42 Å². The van der Waals surface area contributed by atoms with Gasteiger partial charge in [0.15, 0.2) is 0 Å². The van der Waals surface area contributed by atoms with Gasteiger partial charge in [0.25, 0.3) is 0 Å². The number of aryl methyl sites for hydroxylation is 3. The topological polar surface area (TPSA) is 92.1 Å². The van der Waals surface area contributed by atoms with E-state index in [1.54, 1.807) is 6.33 Å². The van der Waals surface area contributed by atoms with Crippen molar-refractivity contribution in [1.82, 2.24) is 19.9 Å². The van der Waals surface area contributed by atoms with Crippen molar-refractivity contribution in [2.45, 2.75) is 45.4 Å². The number of aromatic nitrogens is 4. The Morgan fingerprint density at radius 2 is 2.08 bits per heavy atom. The molecule has 2 aromatic rings. The van der Waals surface area contributed by atoms with Crippen LogP contribution < -0.4 is 4.90 Å². The van der Waals surface area contributed by atoms with Crippen LogP contribution in [0.2, 0.25) is 0 Å². The van der Waals surface area contributed by atoms with Gasteiger partial charge in [-0.2, -0.15) is 0 Å². The molecule has 7 nitrogen and oxygen atoms in total. The lowest BCUT2D eigenvalue weighted by molar-refractivity contribution is -0.136. The third-order valence-electron chi connectivity index (χ3n) is 4.42. The average molecular weight is 341 g/mol. The number of anilines is 1. The van der Waals surface area contributed by atoms with E-state index < -0.39 is 5.97 Å². The van der Waals surface area contributed by atoms with Crippen LogP contribution in [0.5, 0.6) is 0 Å². The molecule has 3 rings (SSSR count). The molecule has 1 fully saturated rings. The summed E-state index contributed by atoms with van der Waals surface area (Å²) in [6.45, 7) is 5.68. The highest BCUT2D eigenvalue weighted by Crippen LogP contribution is 2.27. The van der Waals surface area contributed by atoms with Gasteiger partial charge < -0.3 is 10.0 Å². The van der Waals surface area contributed by atoms with Crippen molar-refractivity contribution < 1.29 is 9.90 Å². The predicted molar refractivity (Wildman–Crippen MR) is 93.7 cm³/mol. The number of nitrogens with zero attached hydrogens (tertiary/aromatic N) is 5. The maximum atomic E-state index is 10.8. The molecule has 0 saturated carbocycles. The van der Waals surface area contributed by atoms with Gasteiger partial charge >= 0.3 is 5.97 Å². The standard InChI is InChI=1S/C18H23N5O2/c1-12-9-16(20-11-19-12)23-7-3-4-14(10-23)18-21-13(2)8-15(22-18)5-6-17(24)25/h8-9,11,14H,3-7,10H2,1-2H3,(H,24,25)/t14-/m1/s1. The number of aliphatic carboxylic acids is 1. The van der Waals surface area contributed by atoms with Crippen molar-refractivity contribution in [2.75, 3.05) is 18.0 Å². The zero-order chi connectivity index (χ0) is 17.8. The molecule has 25 heavy (non-hydrogen) atoms. The molecule has 1 aliphatic heterocycles. The molecule has 1 saturated heterocycles. The van der Waals surface area contributed by atoms with E-state index in [-0.39, 0.29) is 12.3 Å². The van der Waals surface area contributed by atoms with E-state index in [9.17, 15) is 4.79 Å². The second kappa shape index (κ2) is 7.55. The molecule has 1 N–H and O–H groups in total. The van der Waals surface area contributed by atoms with E-state index in [1.807, 2.05) is 26.0 Å². The minimum atomic E-state index is -0.805. The number of hydrogen-bond donors (Lipinski definition) is 1. The van der Waals surface area contributed by atoms with Crippen LogP contribution in [0.1, 0.15) is 48.1 Å². The van der Waals surface area contributed by atoms with E-state index in [0.717, 1.165) is 54.7 Å². The Balaban J connectivity index is 1.77. The first kappa shape index (κ1) is 17.3. The van der Waals surface area contributed by atoms with E-state index in [4.69, 9.17) is 5.11 Å². The number of carboxylic acids is 1. The van der Waals surface area contributed by atoms with E-state index in [2.05, 4.69) is 24.8 Å². The molecular weight excluding hydrogens is 318 g/mol. The maximum Gasteiger partial charge on any atom is 0.303 e. The Hall–Kier alpha value is -2.57.